The predicted molar refractivity (Wildman–Crippen MR) is 110 cm³/mol. The molecule has 0 bridgehead atoms. The van der Waals surface area contributed by atoms with Gasteiger partial charge in [-0.1, -0.05) is 54.6 Å². The SMILES string of the molecule is COC(=O)CN(Cc1ccccc1C)C(=O)Cc1csc(-c2ccccc2)n1. The predicted octanol–water partition coefficient (Wildman–Crippen LogP) is 3.86. The van der Waals surface area contributed by atoms with E-state index in [1.165, 1.54) is 23.3 Å². The monoisotopic (exact) mass is 394 g/mol. The molecule has 3 rings (SSSR count). The lowest BCUT2D eigenvalue weighted by atomic mass is 10.1. The summed E-state index contributed by atoms with van der Waals surface area (Å²) < 4.78 is 4.76. The van der Waals surface area contributed by atoms with E-state index in [4.69, 9.17) is 4.74 Å². The summed E-state index contributed by atoms with van der Waals surface area (Å²) in [6, 6.07) is 17.7. The number of ether oxygens (including phenoxy) is 1. The Balaban J connectivity index is 1.75. The first-order valence-electron chi connectivity index (χ1n) is 8.95. The number of methoxy groups -OCH3 is 1. The van der Waals surface area contributed by atoms with Crippen molar-refractivity contribution in [2.75, 3.05) is 13.7 Å². The standard InChI is InChI=1S/C22H22N2O3S/c1-16-8-6-7-11-18(16)13-24(14-21(26)27-2)20(25)12-19-15-28-22(23-19)17-9-4-3-5-10-17/h3-11,15H,12-14H2,1-2H3. The van der Waals surface area contributed by atoms with E-state index < -0.39 is 5.97 Å². The van der Waals surface area contributed by atoms with Gasteiger partial charge in [0.1, 0.15) is 11.6 Å². The molecular weight excluding hydrogens is 372 g/mol. The lowest BCUT2D eigenvalue weighted by molar-refractivity contribution is -0.147. The van der Waals surface area contributed by atoms with Gasteiger partial charge in [0.2, 0.25) is 5.91 Å². The minimum atomic E-state index is -0.440. The molecule has 0 aliphatic rings. The van der Waals surface area contributed by atoms with E-state index >= 15 is 0 Å². The van der Waals surface area contributed by atoms with Crippen LogP contribution in [0.4, 0.5) is 0 Å². The van der Waals surface area contributed by atoms with Crippen LogP contribution < -0.4 is 0 Å². The maximum atomic E-state index is 12.9. The Bertz CT molecular complexity index is 953. The molecule has 0 fully saturated rings. The second-order valence-corrected chi connectivity index (χ2v) is 7.30. The third kappa shape index (κ3) is 5.04. The molecule has 0 radical (unpaired) electrons. The molecule has 0 aliphatic carbocycles. The first-order chi connectivity index (χ1) is 13.6. The van der Waals surface area contributed by atoms with Crippen molar-refractivity contribution in [1.82, 2.24) is 9.88 Å². The van der Waals surface area contributed by atoms with Crippen molar-refractivity contribution < 1.29 is 14.3 Å². The van der Waals surface area contributed by atoms with Gasteiger partial charge >= 0.3 is 5.97 Å². The van der Waals surface area contributed by atoms with Crippen LogP contribution in [-0.4, -0.2) is 35.4 Å². The van der Waals surface area contributed by atoms with Gasteiger partial charge < -0.3 is 9.64 Å². The summed E-state index contributed by atoms with van der Waals surface area (Å²) in [4.78, 5) is 30.8. The van der Waals surface area contributed by atoms with Crippen molar-refractivity contribution in [3.8, 4) is 10.6 Å². The quantitative estimate of drug-likeness (QED) is 0.571. The molecule has 28 heavy (non-hydrogen) atoms. The molecule has 0 atom stereocenters. The zero-order chi connectivity index (χ0) is 19.9. The molecule has 0 unspecified atom stereocenters. The van der Waals surface area contributed by atoms with Crippen LogP contribution in [0.15, 0.2) is 60.0 Å². The number of esters is 1. The van der Waals surface area contributed by atoms with Crippen LogP contribution in [0.3, 0.4) is 0 Å². The molecule has 1 heterocycles. The Morgan fingerprint density at radius 1 is 1.07 bits per heavy atom. The largest absolute Gasteiger partial charge is 0.468 e. The van der Waals surface area contributed by atoms with E-state index in [0.717, 1.165) is 21.7 Å². The number of aryl methyl sites for hydroxylation is 1. The zero-order valence-corrected chi connectivity index (χ0v) is 16.7. The van der Waals surface area contributed by atoms with E-state index in [1.807, 2.05) is 66.9 Å². The average Bonchev–Trinajstić information content (AvgIpc) is 3.18. The number of amides is 1. The Morgan fingerprint density at radius 2 is 1.79 bits per heavy atom. The van der Waals surface area contributed by atoms with E-state index in [0.29, 0.717) is 12.2 Å². The second kappa shape index (κ2) is 9.28. The molecule has 0 spiro atoms. The van der Waals surface area contributed by atoms with E-state index in [2.05, 4.69) is 4.98 Å². The molecule has 0 saturated heterocycles. The highest BCUT2D eigenvalue weighted by atomic mass is 32.1. The van der Waals surface area contributed by atoms with E-state index in [1.54, 1.807) is 0 Å². The van der Waals surface area contributed by atoms with E-state index in [9.17, 15) is 9.59 Å². The third-order valence-corrected chi connectivity index (χ3v) is 5.37. The van der Waals surface area contributed by atoms with Crippen molar-refractivity contribution in [3.63, 3.8) is 0 Å². The van der Waals surface area contributed by atoms with Gasteiger partial charge in [0.15, 0.2) is 0 Å². The van der Waals surface area contributed by atoms with Crippen molar-refractivity contribution in [3.05, 3.63) is 76.8 Å². The van der Waals surface area contributed by atoms with Gasteiger partial charge in [-0.05, 0) is 18.1 Å². The zero-order valence-electron chi connectivity index (χ0n) is 15.9. The number of hydrogen-bond donors (Lipinski definition) is 0. The Morgan fingerprint density at radius 3 is 2.50 bits per heavy atom. The summed E-state index contributed by atoms with van der Waals surface area (Å²) in [7, 11) is 1.32. The van der Waals surface area contributed by atoms with Crippen LogP contribution in [0.1, 0.15) is 16.8 Å². The summed E-state index contributed by atoms with van der Waals surface area (Å²) in [6.45, 7) is 2.26. The molecule has 1 aromatic heterocycles. The highest BCUT2D eigenvalue weighted by molar-refractivity contribution is 7.13. The number of nitrogens with zero attached hydrogens (tertiary/aromatic N) is 2. The topological polar surface area (TPSA) is 59.5 Å². The molecule has 5 nitrogen and oxygen atoms in total. The summed E-state index contributed by atoms with van der Waals surface area (Å²) in [5.41, 5.74) is 3.80. The molecular formula is C22H22N2O3S. The second-order valence-electron chi connectivity index (χ2n) is 6.44. The number of carbonyl (C=O) groups excluding carboxylic acids is 2. The van der Waals surface area contributed by atoms with Gasteiger partial charge in [-0.3, -0.25) is 9.59 Å². The van der Waals surface area contributed by atoms with Crippen LogP contribution in [0, 0.1) is 6.92 Å². The first-order valence-corrected chi connectivity index (χ1v) is 9.83. The smallest absolute Gasteiger partial charge is 0.325 e. The number of carbonyl (C=O) groups is 2. The first kappa shape index (κ1) is 19.8. The fraction of sp³-hybridized carbons (Fsp3) is 0.227. The highest BCUT2D eigenvalue weighted by Crippen LogP contribution is 2.24. The van der Waals surface area contributed by atoms with Crippen LogP contribution in [-0.2, 0) is 27.3 Å². The number of hydrogen-bond acceptors (Lipinski definition) is 5. The number of benzene rings is 2. The Hall–Kier alpha value is -2.99. The van der Waals surface area contributed by atoms with Crippen LogP contribution in [0.5, 0.6) is 0 Å². The van der Waals surface area contributed by atoms with Gasteiger partial charge in [-0.15, -0.1) is 11.3 Å². The van der Waals surface area contributed by atoms with Gasteiger partial charge in [0.25, 0.3) is 0 Å². The molecule has 144 valence electrons. The highest BCUT2D eigenvalue weighted by Gasteiger charge is 2.20. The molecule has 3 aromatic rings. The lowest BCUT2D eigenvalue weighted by Crippen LogP contribution is -2.37. The summed E-state index contributed by atoms with van der Waals surface area (Å²) in [6.07, 6.45) is 0.145. The fourth-order valence-electron chi connectivity index (χ4n) is 2.81. The van der Waals surface area contributed by atoms with Crippen LogP contribution >= 0.6 is 11.3 Å². The van der Waals surface area contributed by atoms with E-state index in [-0.39, 0.29) is 18.9 Å². The van der Waals surface area contributed by atoms with Crippen LogP contribution in [0.25, 0.3) is 10.6 Å². The molecule has 1 amide bonds. The van der Waals surface area contributed by atoms with Crippen molar-refractivity contribution >= 4 is 23.2 Å². The fourth-order valence-corrected chi connectivity index (χ4v) is 3.64. The minimum Gasteiger partial charge on any atom is -0.468 e. The summed E-state index contributed by atoms with van der Waals surface area (Å²) in [5.74, 6) is -0.594. The maximum Gasteiger partial charge on any atom is 0.325 e. The number of thiazole rings is 1. The molecule has 0 aliphatic heterocycles. The van der Waals surface area contributed by atoms with Crippen molar-refractivity contribution in [2.45, 2.75) is 19.9 Å². The van der Waals surface area contributed by atoms with Gasteiger partial charge in [-0.25, -0.2) is 4.98 Å². The summed E-state index contributed by atoms with van der Waals surface area (Å²) in [5, 5.41) is 2.77. The number of rotatable bonds is 7. The molecule has 0 N–H and O–H groups in total. The minimum absolute atomic E-state index is 0.0840. The molecule has 0 saturated carbocycles. The normalized spacial score (nSPS) is 10.5. The lowest BCUT2D eigenvalue weighted by Gasteiger charge is -2.22. The number of aromatic nitrogens is 1. The molecule has 6 heteroatoms. The summed E-state index contributed by atoms with van der Waals surface area (Å²) >= 11 is 1.51. The van der Waals surface area contributed by atoms with Gasteiger partial charge in [0.05, 0.1) is 19.2 Å². The Labute approximate surface area is 168 Å². The Kier molecular flexibility index (Phi) is 6.55. The maximum absolute atomic E-state index is 12.9. The third-order valence-electron chi connectivity index (χ3n) is 4.43. The van der Waals surface area contributed by atoms with Gasteiger partial charge in [-0.2, -0.15) is 0 Å². The van der Waals surface area contributed by atoms with Crippen molar-refractivity contribution in [1.29, 1.82) is 0 Å². The van der Waals surface area contributed by atoms with Crippen LogP contribution in [0.2, 0.25) is 0 Å². The van der Waals surface area contributed by atoms with Gasteiger partial charge in [0, 0.05) is 17.5 Å². The average molecular weight is 394 g/mol. The molecule has 2 aromatic carbocycles. The van der Waals surface area contributed by atoms with Crippen molar-refractivity contribution in [2.24, 2.45) is 0 Å².